The molecule has 2 nitrogen and oxygen atoms in total. The molecule has 0 aliphatic heterocycles. The van der Waals surface area contributed by atoms with Crippen LogP contribution >= 0.6 is 0 Å². The smallest absolute Gasteiger partial charge is 0.147 e. The second-order valence-electron chi connectivity index (χ2n) is 5.25. The van der Waals surface area contributed by atoms with E-state index in [-0.39, 0.29) is 29.3 Å². The minimum atomic E-state index is -0.0600. The summed E-state index contributed by atoms with van der Waals surface area (Å²) in [5.41, 5.74) is 1.14. The van der Waals surface area contributed by atoms with Crippen molar-refractivity contribution in [2.45, 2.75) is 47.0 Å². The van der Waals surface area contributed by atoms with Gasteiger partial charge in [-0.1, -0.05) is 25.5 Å². The third-order valence-electron chi connectivity index (χ3n) is 3.24. The molecule has 2 heteroatoms. The molecule has 0 fully saturated rings. The van der Waals surface area contributed by atoms with Crippen LogP contribution in [0.4, 0.5) is 0 Å². The molecule has 0 N–H and O–H groups in total. The zero-order valence-electron chi connectivity index (χ0n) is 10.1. The van der Waals surface area contributed by atoms with Crippen molar-refractivity contribution >= 4 is 11.6 Å². The van der Waals surface area contributed by atoms with Crippen molar-refractivity contribution in [1.82, 2.24) is 0 Å². The van der Waals surface area contributed by atoms with Gasteiger partial charge in [-0.05, 0) is 32.1 Å². The van der Waals surface area contributed by atoms with Gasteiger partial charge < -0.3 is 0 Å². The molecule has 0 aromatic carbocycles. The van der Waals surface area contributed by atoms with Crippen LogP contribution in [0.5, 0.6) is 0 Å². The Bertz CT molecular complexity index is 310. The molecule has 0 spiro atoms. The maximum absolute atomic E-state index is 12.0. The summed E-state index contributed by atoms with van der Waals surface area (Å²) in [6, 6.07) is 0. The van der Waals surface area contributed by atoms with Gasteiger partial charge in [0.05, 0.1) is 6.42 Å². The summed E-state index contributed by atoms with van der Waals surface area (Å²) < 4.78 is 0. The SMILES string of the molecule is CC(=O)CC(=O)C1C(C)=CCCC1(C)C. The Hall–Kier alpha value is -0.920. The first-order valence-corrected chi connectivity index (χ1v) is 5.53. The second kappa shape index (κ2) is 4.30. The summed E-state index contributed by atoms with van der Waals surface area (Å²) in [4.78, 5) is 22.9. The highest BCUT2D eigenvalue weighted by atomic mass is 16.1. The highest BCUT2D eigenvalue weighted by molar-refractivity contribution is 6.00. The molecular formula is C13H20O2. The number of rotatable bonds is 3. The van der Waals surface area contributed by atoms with Crippen molar-refractivity contribution in [2.24, 2.45) is 11.3 Å². The number of hydrogen-bond acceptors (Lipinski definition) is 2. The molecule has 0 aromatic heterocycles. The fourth-order valence-corrected chi connectivity index (χ4v) is 2.59. The molecule has 0 heterocycles. The lowest BCUT2D eigenvalue weighted by Crippen LogP contribution is -2.35. The lowest BCUT2D eigenvalue weighted by atomic mass is 9.66. The van der Waals surface area contributed by atoms with E-state index in [4.69, 9.17) is 0 Å². The minimum Gasteiger partial charge on any atom is -0.300 e. The number of carbonyl (C=O) groups is 2. The van der Waals surface area contributed by atoms with E-state index in [1.165, 1.54) is 6.92 Å². The fraction of sp³-hybridized carbons (Fsp3) is 0.692. The van der Waals surface area contributed by atoms with Crippen LogP contribution in [-0.4, -0.2) is 11.6 Å². The van der Waals surface area contributed by atoms with Crippen LogP contribution in [0.1, 0.15) is 47.0 Å². The monoisotopic (exact) mass is 208 g/mol. The molecule has 1 aliphatic rings. The number of Topliss-reactive ketones (excluding diaryl/α,β-unsaturated/α-hetero) is 2. The summed E-state index contributed by atoms with van der Waals surface area (Å²) >= 11 is 0. The van der Waals surface area contributed by atoms with Crippen molar-refractivity contribution in [2.75, 3.05) is 0 Å². The predicted octanol–water partition coefficient (Wildman–Crippen LogP) is 2.92. The Morgan fingerprint density at radius 3 is 2.53 bits per heavy atom. The van der Waals surface area contributed by atoms with E-state index >= 15 is 0 Å². The van der Waals surface area contributed by atoms with Crippen molar-refractivity contribution in [3.63, 3.8) is 0 Å². The van der Waals surface area contributed by atoms with Crippen LogP contribution in [0.2, 0.25) is 0 Å². The Kier molecular flexibility index (Phi) is 3.48. The van der Waals surface area contributed by atoms with Gasteiger partial charge in [-0.3, -0.25) is 9.59 Å². The van der Waals surface area contributed by atoms with Gasteiger partial charge in [0.15, 0.2) is 0 Å². The molecule has 1 unspecified atom stereocenters. The van der Waals surface area contributed by atoms with E-state index < -0.39 is 0 Å². The number of hydrogen-bond donors (Lipinski definition) is 0. The van der Waals surface area contributed by atoms with Crippen LogP contribution in [-0.2, 0) is 9.59 Å². The molecule has 15 heavy (non-hydrogen) atoms. The maximum atomic E-state index is 12.0. The molecule has 0 amide bonds. The fourth-order valence-electron chi connectivity index (χ4n) is 2.59. The van der Waals surface area contributed by atoms with E-state index in [0.717, 1.165) is 18.4 Å². The van der Waals surface area contributed by atoms with E-state index in [0.29, 0.717) is 0 Å². The summed E-state index contributed by atoms with van der Waals surface area (Å²) in [5.74, 6) is -0.00901. The third-order valence-corrected chi connectivity index (χ3v) is 3.24. The Balaban J connectivity index is 2.89. The zero-order chi connectivity index (χ0) is 11.6. The number of carbonyl (C=O) groups excluding carboxylic acids is 2. The van der Waals surface area contributed by atoms with Crippen molar-refractivity contribution < 1.29 is 9.59 Å². The molecule has 0 saturated heterocycles. The van der Waals surface area contributed by atoms with Gasteiger partial charge in [-0.25, -0.2) is 0 Å². The maximum Gasteiger partial charge on any atom is 0.147 e. The van der Waals surface area contributed by atoms with Gasteiger partial charge in [0.25, 0.3) is 0 Å². The van der Waals surface area contributed by atoms with E-state index in [9.17, 15) is 9.59 Å². The second-order valence-corrected chi connectivity index (χ2v) is 5.25. The summed E-state index contributed by atoms with van der Waals surface area (Å²) in [5, 5.41) is 0. The third kappa shape index (κ3) is 2.77. The van der Waals surface area contributed by atoms with Crippen LogP contribution < -0.4 is 0 Å². The molecule has 1 atom stereocenters. The molecule has 84 valence electrons. The topological polar surface area (TPSA) is 34.1 Å². The van der Waals surface area contributed by atoms with E-state index in [1.807, 2.05) is 6.92 Å². The molecule has 0 radical (unpaired) electrons. The molecule has 1 rings (SSSR count). The van der Waals surface area contributed by atoms with E-state index in [2.05, 4.69) is 19.9 Å². The lowest BCUT2D eigenvalue weighted by molar-refractivity contribution is -0.130. The molecule has 0 saturated carbocycles. The highest BCUT2D eigenvalue weighted by Gasteiger charge is 2.37. The molecular weight excluding hydrogens is 188 g/mol. The quantitative estimate of drug-likeness (QED) is 0.528. The summed E-state index contributed by atoms with van der Waals surface area (Å²) in [6.45, 7) is 7.72. The zero-order valence-corrected chi connectivity index (χ0v) is 10.1. The van der Waals surface area contributed by atoms with Crippen molar-refractivity contribution in [3.8, 4) is 0 Å². The molecule has 0 aromatic rings. The standard InChI is InChI=1S/C13H20O2/c1-9-6-5-7-13(3,4)12(9)11(15)8-10(2)14/h6,12H,5,7-8H2,1-4H3. The van der Waals surface area contributed by atoms with Gasteiger partial charge in [0.1, 0.15) is 11.6 Å². The Labute approximate surface area is 91.7 Å². The van der Waals surface area contributed by atoms with Gasteiger partial charge in [-0.2, -0.15) is 0 Å². The minimum absolute atomic E-state index is 0.00532. The van der Waals surface area contributed by atoms with Crippen molar-refractivity contribution in [3.05, 3.63) is 11.6 Å². The largest absolute Gasteiger partial charge is 0.300 e. The molecule has 0 bridgehead atoms. The van der Waals surface area contributed by atoms with Crippen LogP contribution in [0.15, 0.2) is 11.6 Å². The first-order valence-electron chi connectivity index (χ1n) is 5.53. The number of allylic oxidation sites excluding steroid dienone is 2. The normalized spacial score (nSPS) is 24.5. The van der Waals surface area contributed by atoms with Crippen LogP contribution in [0.3, 0.4) is 0 Å². The predicted molar refractivity (Wildman–Crippen MR) is 60.6 cm³/mol. The average Bonchev–Trinajstić information content (AvgIpc) is 1.99. The first-order chi connectivity index (χ1) is 6.84. The Morgan fingerprint density at radius 1 is 1.47 bits per heavy atom. The summed E-state index contributed by atoms with van der Waals surface area (Å²) in [6.07, 6.45) is 4.29. The van der Waals surface area contributed by atoms with Gasteiger partial charge in [0.2, 0.25) is 0 Å². The highest BCUT2D eigenvalue weighted by Crippen LogP contribution is 2.41. The van der Waals surface area contributed by atoms with Crippen molar-refractivity contribution in [1.29, 1.82) is 0 Å². The van der Waals surface area contributed by atoms with Gasteiger partial charge in [-0.15, -0.1) is 0 Å². The van der Waals surface area contributed by atoms with Crippen LogP contribution in [0.25, 0.3) is 0 Å². The number of ketones is 2. The lowest BCUT2D eigenvalue weighted by Gasteiger charge is -2.37. The summed E-state index contributed by atoms with van der Waals surface area (Å²) in [7, 11) is 0. The van der Waals surface area contributed by atoms with Crippen LogP contribution in [0, 0.1) is 11.3 Å². The first kappa shape index (κ1) is 12.2. The average molecular weight is 208 g/mol. The van der Waals surface area contributed by atoms with Gasteiger partial charge >= 0.3 is 0 Å². The molecule has 1 aliphatic carbocycles. The van der Waals surface area contributed by atoms with Gasteiger partial charge in [0, 0.05) is 5.92 Å². The Morgan fingerprint density at radius 2 is 2.07 bits per heavy atom. The van der Waals surface area contributed by atoms with E-state index in [1.54, 1.807) is 0 Å².